The van der Waals surface area contributed by atoms with Crippen LogP contribution in [0.5, 0.6) is 0 Å². The third-order valence-corrected chi connectivity index (χ3v) is 4.04. The number of ketones is 1. The highest BCUT2D eigenvalue weighted by Crippen LogP contribution is 2.26. The van der Waals surface area contributed by atoms with E-state index in [0.717, 1.165) is 38.2 Å². The highest BCUT2D eigenvalue weighted by atomic mass is 16.1. The van der Waals surface area contributed by atoms with Crippen molar-refractivity contribution < 1.29 is 9.59 Å². The Bertz CT molecular complexity index is 534. The van der Waals surface area contributed by atoms with E-state index in [1.54, 1.807) is 13.0 Å². The zero-order valence-electron chi connectivity index (χ0n) is 12.7. The van der Waals surface area contributed by atoms with Gasteiger partial charge in [-0.2, -0.15) is 0 Å². The minimum absolute atomic E-state index is 0.00473. The molecule has 1 amide bonds. The van der Waals surface area contributed by atoms with Crippen LogP contribution in [0.25, 0.3) is 0 Å². The molecule has 1 fully saturated rings. The molecule has 0 spiro atoms. The number of anilines is 2. The number of benzene rings is 1. The average molecular weight is 289 g/mol. The number of nitrogens with one attached hydrogen (secondary N) is 1. The molecule has 3 N–H and O–H groups in total. The van der Waals surface area contributed by atoms with Crippen LogP contribution in [-0.2, 0) is 4.79 Å². The van der Waals surface area contributed by atoms with E-state index in [1.165, 1.54) is 6.92 Å². The van der Waals surface area contributed by atoms with Gasteiger partial charge in [0.15, 0.2) is 5.78 Å². The van der Waals surface area contributed by atoms with Crippen molar-refractivity contribution >= 4 is 23.1 Å². The van der Waals surface area contributed by atoms with Crippen molar-refractivity contribution in [3.8, 4) is 0 Å². The van der Waals surface area contributed by atoms with Crippen LogP contribution < -0.4 is 16.0 Å². The van der Waals surface area contributed by atoms with Crippen molar-refractivity contribution in [2.75, 3.05) is 30.3 Å². The maximum absolute atomic E-state index is 11.6. The maximum Gasteiger partial charge on any atom is 0.216 e. The standard InChI is InChI=1S/C16H23N3O2/c1-11(20)15-9-14(3-4-16(15)17)19-7-5-13(6-8-19)10-18-12(2)21/h3-4,9,13H,5-8,10,17H2,1-2H3,(H,18,21). The van der Waals surface area contributed by atoms with E-state index < -0.39 is 0 Å². The normalized spacial score (nSPS) is 15.8. The summed E-state index contributed by atoms with van der Waals surface area (Å²) >= 11 is 0. The molecule has 0 bridgehead atoms. The van der Waals surface area contributed by atoms with Gasteiger partial charge in [-0.3, -0.25) is 9.59 Å². The number of amides is 1. The van der Waals surface area contributed by atoms with Gasteiger partial charge in [0.25, 0.3) is 0 Å². The predicted octanol–water partition coefficient (Wildman–Crippen LogP) is 1.82. The third-order valence-electron chi connectivity index (χ3n) is 4.04. The molecule has 1 aliphatic heterocycles. The van der Waals surface area contributed by atoms with Crippen molar-refractivity contribution in [1.29, 1.82) is 0 Å². The number of Topliss-reactive ketones (excluding diaryl/α,β-unsaturated/α-hetero) is 1. The monoisotopic (exact) mass is 289 g/mol. The number of piperidine rings is 1. The minimum Gasteiger partial charge on any atom is -0.398 e. The quantitative estimate of drug-likeness (QED) is 0.655. The molecule has 21 heavy (non-hydrogen) atoms. The molecule has 1 aromatic rings. The van der Waals surface area contributed by atoms with Gasteiger partial charge in [0, 0.05) is 43.5 Å². The zero-order chi connectivity index (χ0) is 15.4. The smallest absolute Gasteiger partial charge is 0.216 e. The summed E-state index contributed by atoms with van der Waals surface area (Å²) in [4.78, 5) is 24.8. The molecule has 1 aliphatic rings. The van der Waals surface area contributed by atoms with Crippen LogP contribution in [0.15, 0.2) is 18.2 Å². The van der Waals surface area contributed by atoms with Crippen molar-refractivity contribution in [3.63, 3.8) is 0 Å². The van der Waals surface area contributed by atoms with Gasteiger partial charge in [-0.15, -0.1) is 0 Å². The predicted molar refractivity (Wildman–Crippen MR) is 84.5 cm³/mol. The highest BCUT2D eigenvalue weighted by molar-refractivity contribution is 6.00. The van der Waals surface area contributed by atoms with Gasteiger partial charge in [-0.25, -0.2) is 0 Å². The second-order valence-electron chi connectivity index (χ2n) is 5.70. The van der Waals surface area contributed by atoms with Crippen LogP contribution in [0.1, 0.15) is 37.0 Å². The maximum atomic E-state index is 11.6. The Kier molecular flexibility index (Phi) is 4.83. The van der Waals surface area contributed by atoms with Crippen LogP contribution in [0.3, 0.4) is 0 Å². The van der Waals surface area contributed by atoms with E-state index in [4.69, 9.17) is 5.73 Å². The van der Waals surface area contributed by atoms with Crippen molar-refractivity contribution in [2.24, 2.45) is 5.92 Å². The second kappa shape index (κ2) is 6.61. The van der Waals surface area contributed by atoms with Crippen LogP contribution in [0, 0.1) is 5.92 Å². The lowest BCUT2D eigenvalue weighted by molar-refractivity contribution is -0.119. The van der Waals surface area contributed by atoms with Crippen LogP contribution in [0.2, 0.25) is 0 Å². The van der Waals surface area contributed by atoms with Gasteiger partial charge in [0.05, 0.1) is 0 Å². The zero-order valence-corrected chi connectivity index (χ0v) is 12.7. The average Bonchev–Trinajstić information content (AvgIpc) is 2.46. The number of nitrogens with two attached hydrogens (primary N) is 1. The van der Waals surface area contributed by atoms with Gasteiger partial charge in [-0.1, -0.05) is 0 Å². The van der Waals surface area contributed by atoms with Gasteiger partial charge in [-0.05, 0) is 43.9 Å². The lowest BCUT2D eigenvalue weighted by atomic mass is 9.96. The molecule has 0 saturated carbocycles. The van der Waals surface area contributed by atoms with E-state index >= 15 is 0 Å². The highest BCUT2D eigenvalue weighted by Gasteiger charge is 2.20. The summed E-state index contributed by atoms with van der Waals surface area (Å²) < 4.78 is 0. The molecule has 0 unspecified atom stereocenters. The van der Waals surface area contributed by atoms with Gasteiger partial charge >= 0.3 is 0 Å². The Balaban J connectivity index is 1.97. The van der Waals surface area contributed by atoms with Crippen LogP contribution in [0.4, 0.5) is 11.4 Å². The Morgan fingerprint density at radius 1 is 1.29 bits per heavy atom. The number of carbonyl (C=O) groups excluding carboxylic acids is 2. The van der Waals surface area contributed by atoms with Gasteiger partial charge in [0.2, 0.25) is 5.91 Å². The number of hydrogen-bond donors (Lipinski definition) is 2. The van der Waals surface area contributed by atoms with Crippen molar-refractivity contribution in [3.05, 3.63) is 23.8 Å². The number of rotatable bonds is 4. The van der Waals surface area contributed by atoms with Crippen molar-refractivity contribution in [1.82, 2.24) is 5.32 Å². The minimum atomic E-state index is -0.00473. The summed E-state index contributed by atoms with van der Waals surface area (Å²) in [5.74, 6) is 0.558. The van der Waals surface area contributed by atoms with E-state index in [1.807, 2.05) is 12.1 Å². The molecule has 114 valence electrons. The molecular weight excluding hydrogens is 266 g/mol. The first-order valence-electron chi connectivity index (χ1n) is 7.37. The lowest BCUT2D eigenvalue weighted by Crippen LogP contribution is -2.38. The lowest BCUT2D eigenvalue weighted by Gasteiger charge is -2.34. The topological polar surface area (TPSA) is 75.4 Å². The summed E-state index contributed by atoms with van der Waals surface area (Å²) in [6.07, 6.45) is 2.08. The molecule has 1 heterocycles. The Morgan fingerprint density at radius 2 is 1.95 bits per heavy atom. The molecule has 0 aromatic heterocycles. The molecule has 0 radical (unpaired) electrons. The van der Waals surface area contributed by atoms with Gasteiger partial charge in [0.1, 0.15) is 0 Å². The number of nitrogens with zero attached hydrogens (tertiary/aromatic N) is 1. The van der Waals surface area contributed by atoms with E-state index in [0.29, 0.717) is 17.2 Å². The first kappa shape index (κ1) is 15.4. The molecular formula is C16H23N3O2. The first-order valence-corrected chi connectivity index (χ1v) is 7.37. The molecule has 0 atom stereocenters. The molecule has 1 saturated heterocycles. The Labute approximate surface area is 125 Å². The summed E-state index contributed by atoms with van der Waals surface area (Å²) in [6.45, 7) is 5.71. The fourth-order valence-corrected chi connectivity index (χ4v) is 2.73. The van der Waals surface area contributed by atoms with Crippen LogP contribution >= 0.6 is 0 Å². The Hall–Kier alpha value is -2.04. The number of nitrogen functional groups attached to an aromatic ring is 1. The summed E-state index contributed by atoms with van der Waals surface area (Å²) in [5.41, 5.74) is 8.00. The third kappa shape index (κ3) is 3.97. The van der Waals surface area contributed by atoms with E-state index in [-0.39, 0.29) is 11.7 Å². The molecule has 5 nitrogen and oxygen atoms in total. The molecule has 1 aromatic carbocycles. The van der Waals surface area contributed by atoms with Gasteiger partial charge < -0.3 is 16.0 Å². The second-order valence-corrected chi connectivity index (χ2v) is 5.70. The molecule has 5 heteroatoms. The number of carbonyl (C=O) groups is 2. The SMILES string of the molecule is CC(=O)NCC1CCN(c2ccc(N)c(C(C)=O)c2)CC1. The van der Waals surface area contributed by atoms with Crippen molar-refractivity contribution in [2.45, 2.75) is 26.7 Å². The molecule has 2 rings (SSSR count). The van der Waals surface area contributed by atoms with E-state index in [9.17, 15) is 9.59 Å². The largest absolute Gasteiger partial charge is 0.398 e. The Morgan fingerprint density at radius 3 is 2.52 bits per heavy atom. The molecule has 0 aliphatic carbocycles. The summed E-state index contributed by atoms with van der Waals surface area (Å²) in [7, 11) is 0. The fourth-order valence-electron chi connectivity index (χ4n) is 2.73. The number of hydrogen-bond acceptors (Lipinski definition) is 4. The fraction of sp³-hybridized carbons (Fsp3) is 0.500. The summed E-state index contributed by atoms with van der Waals surface area (Å²) in [6, 6.07) is 5.65. The van der Waals surface area contributed by atoms with E-state index in [2.05, 4.69) is 10.2 Å². The van der Waals surface area contributed by atoms with Crippen LogP contribution in [-0.4, -0.2) is 31.3 Å². The first-order chi connectivity index (χ1) is 9.97. The summed E-state index contributed by atoms with van der Waals surface area (Å²) in [5, 5.41) is 2.88.